The van der Waals surface area contributed by atoms with Gasteiger partial charge in [0.15, 0.2) is 11.5 Å². The Balaban J connectivity index is 0.973. The van der Waals surface area contributed by atoms with Gasteiger partial charge in [-0.3, -0.25) is 0 Å². The summed E-state index contributed by atoms with van der Waals surface area (Å²) in [6, 6.07) is 59.0. The molecule has 4 saturated carbocycles. The zero-order chi connectivity index (χ0) is 36.8. The average Bonchev–Trinajstić information content (AvgIpc) is 3.62. The van der Waals surface area contributed by atoms with Gasteiger partial charge in [-0.2, -0.15) is 0 Å². The van der Waals surface area contributed by atoms with Crippen molar-refractivity contribution in [2.75, 3.05) is 9.80 Å². The van der Waals surface area contributed by atoms with Crippen LogP contribution in [0.5, 0.6) is 11.5 Å². The molecule has 1 aromatic heterocycles. The van der Waals surface area contributed by atoms with Crippen molar-refractivity contribution in [3.8, 4) is 22.6 Å². The summed E-state index contributed by atoms with van der Waals surface area (Å²) in [5.41, 5.74) is 12.6. The van der Waals surface area contributed by atoms with Crippen LogP contribution in [0, 0.1) is 17.8 Å². The standard InChI is InChI=1S/C52H42N2O2/c1-4-15-47-44(11-1)51-43(12-8-18-50(51)55-47)37-9-7-10-42(30-37)53(39-21-19-38(20-22-39)52-31-34-27-35(32-52)29-36(28-34)33-52)40-23-25-41(26-24-40)54-45-13-2-5-16-48(45)56-49-17-6-3-14-46(49)54/h1-26,30,34-36H,27-29,31-33H2. The Morgan fingerprint density at radius 2 is 1.11 bits per heavy atom. The Morgan fingerprint density at radius 3 is 1.80 bits per heavy atom. The molecule has 5 aliphatic rings. The second-order valence-electron chi connectivity index (χ2n) is 16.8. The molecule has 8 aromatic rings. The van der Waals surface area contributed by atoms with E-state index in [1.807, 2.05) is 30.3 Å². The molecule has 4 aliphatic carbocycles. The quantitative estimate of drug-likeness (QED) is 0.171. The van der Waals surface area contributed by atoms with E-state index >= 15 is 0 Å². The number of nitrogens with zero attached hydrogens (tertiary/aromatic N) is 2. The summed E-state index contributed by atoms with van der Waals surface area (Å²) < 4.78 is 12.6. The monoisotopic (exact) mass is 726 g/mol. The Hall–Kier alpha value is -6.26. The molecule has 0 atom stereocenters. The smallest absolute Gasteiger partial charge is 0.151 e. The molecule has 0 unspecified atom stereocenters. The number of rotatable bonds is 6. The third-order valence-electron chi connectivity index (χ3n) is 13.4. The van der Waals surface area contributed by atoms with Gasteiger partial charge in [0.05, 0.1) is 11.4 Å². The minimum absolute atomic E-state index is 0.358. The largest absolute Gasteiger partial charge is 0.456 e. The lowest BCUT2D eigenvalue weighted by atomic mass is 9.48. The molecule has 4 fully saturated rings. The van der Waals surface area contributed by atoms with E-state index in [0.717, 1.165) is 90.9 Å². The fourth-order valence-electron chi connectivity index (χ4n) is 11.4. The second kappa shape index (κ2) is 12.4. The highest BCUT2D eigenvalue weighted by Crippen LogP contribution is 2.61. The number of anilines is 6. The van der Waals surface area contributed by atoms with Crippen LogP contribution in [-0.2, 0) is 5.41 Å². The van der Waals surface area contributed by atoms with E-state index < -0.39 is 0 Å². The van der Waals surface area contributed by atoms with Gasteiger partial charge in [0.25, 0.3) is 0 Å². The molecule has 7 aromatic carbocycles. The second-order valence-corrected chi connectivity index (χ2v) is 16.8. The molecule has 56 heavy (non-hydrogen) atoms. The van der Waals surface area contributed by atoms with Crippen molar-refractivity contribution in [2.24, 2.45) is 17.8 Å². The van der Waals surface area contributed by atoms with Crippen LogP contribution in [0.25, 0.3) is 33.1 Å². The van der Waals surface area contributed by atoms with Crippen LogP contribution < -0.4 is 14.5 Å². The van der Waals surface area contributed by atoms with E-state index in [1.54, 1.807) is 5.56 Å². The SMILES string of the molecule is c1cc(-c2cccc3oc4ccccc4c23)cc(N(c2ccc(N3c4ccccc4Oc4ccccc43)cc2)c2ccc(C34CC5CC(CC(C5)C3)C4)cc2)c1. The van der Waals surface area contributed by atoms with Crippen LogP contribution in [0.3, 0.4) is 0 Å². The number of benzene rings is 7. The molecule has 4 heteroatoms. The highest BCUT2D eigenvalue weighted by Gasteiger charge is 2.51. The first-order valence-electron chi connectivity index (χ1n) is 20.3. The third kappa shape index (κ3) is 5.05. The maximum absolute atomic E-state index is 6.33. The van der Waals surface area contributed by atoms with Crippen LogP contribution in [0.15, 0.2) is 168 Å². The van der Waals surface area contributed by atoms with Crippen molar-refractivity contribution < 1.29 is 9.15 Å². The van der Waals surface area contributed by atoms with Crippen LogP contribution in [-0.4, -0.2) is 0 Å². The van der Waals surface area contributed by atoms with Crippen LogP contribution >= 0.6 is 0 Å². The lowest BCUT2D eigenvalue weighted by Gasteiger charge is -2.57. The number of ether oxygens (including phenoxy) is 1. The van der Waals surface area contributed by atoms with Crippen molar-refractivity contribution in [1.82, 2.24) is 0 Å². The zero-order valence-electron chi connectivity index (χ0n) is 31.3. The Kier molecular flexibility index (Phi) is 7.08. The Labute approximate surface area is 327 Å². The summed E-state index contributed by atoms with van der Waals surface area (Å²) >= 11 is 0. The topological polar surface area (TPSA) is 28.9 Å². The van der Waals surface area contributed by atoms with Crippen molar-refractivity contribution in [2.45, 2.75) is 43.9 Å². The molecule has 272 valence electrons. The first-order chi connectivity index (χ1) is 27.7. The number of para-hydroxylation sites is 5. The van der Waals surface area contributed by atoms with Crippen LogP contribution in [0.2, 0.25) is 0 Å². The highest BCUT2D eigenvalue weighted by molar-refractivity contribution is 6.12. The van der Waals surface area contributed by atoms with E-state index in [0.29, 0.717) is 5.41 Å². The van der Waals surface area contributed by atoms with Gasteiger partial charge in [-0.05, 0) is 163 Å². The van der Waals surface area contributed by atoms with Crippen molar-refractivity contribution in [3.05, 3.63) is 169 Å². The first-order valence-corrected chi connectivity index (χ1v) is 20.3. The van der Waals surface area contributed by atoms with Crippen molar-refractivity contribution in [3.63, 3.8) is 0 Å². The van der Waals surface area contributed by atoms with Gasteiger partial charge in [-0.15, -0.1) is 0 Å². The molecule has 4 nitrogen and oxygen atoms in total. The van der Waals surface area contributed by atoms with Crippen LogP contribution in [0.4, 0.5) is 34.1 Å². The van der Waals surface area contributed by atoms with E-state index in [4.69, 9.17) is 9.15 Å². The molecule has 0 spiro atoms. The molecule has 4 bridgehead atoms. The van der Waals surface area contributed by atoms with Gasteiger partial charge in [0.2, 0.25) is 0 Å². The first kappa shape index (κ1) is 32.0. The fraction of sp³-hybridized carbons (Fsp3) is 0.192. The average molecular weight is 727 g/mol. The molecule has 0 amide bonds. The van der Waals surface area contributed by atoms with E-state index in [2.05, 4.69) is 143 Å². The summed E-state index contributed by atoms with van der Waals surface area (Å²) in [6.45, 7) is 0. The van der Waals surface area contributed by atoms with E-state index in [1.165, 1.54) is 44.1 Å². The molecule has 0 N–H and O–H groups in total. The third-order valence-corrected chi connectivity index (χ3v) is 13.4. The summed E-state index contributed by atoms with van der Waals surface area (Å²) in [6.07, 6.45) is 8.49. The molecular weight excluding hydrogens is 685 g/mol. The minimum atomic E-state index is 0.358. The van der Waals surface area contributed by atoms with Gasteiger partial charge in [-0.1, -0.05) is 78.9 Å². The molecule has 0 saturated heterocycles. The minimum Gasteiger partial charge on any atom is -0.456 e. The van der Waals surface area contributed by atoms with Crippen molar-refractivity contribution >= 4 is 56.1 Å². The van der Waals surface area contributed by atoms with Gasteiger partial charge in [0, 0.05) is 33.5 Å². The van der Waals surface area contributed by atoms with Crippen LogP contribution in [0.1, 0.15) is 44.1 Å². The zero-order valence-corrected chi connectivity index (χ0v) is 31.3. The normalized spacial score (nSPS) is 21.9. The predicted octanol–water partition coefficient (Wildman–Crippen LogP) is 14.8. The lowest BCUT2D eigenvalue weighted by molar-refractivity contribution is -0.00518. The van der Waals surface area contributed by atoms with Gasteiger partial charge < -0.3 is 19.0 Å². The highest BCUT2D eigenvalue weighted by atomic mass is 16.5. The fourth-order valence-corrected chi connectivity index (χ4v) is 11.4. The van der Waals surface area contributed by atoms with Gasteiger partial charge >= 0.3 is 0 Å². The number of furan rings is 1. The molecule has 0 radical (unpaired) electrons. The number of fused-ring (bicyclic) bond motifs is 5. The van der Waals surface area contributed by atoms with E-state index in [9.17, 15) is 0 Å². The lowest BCUT2D eigenvalue weighted by Crippen LogP contribution is -2.48. The summed E-state index contributed by atoms with van der Waals surface area (Å²) in [7, 11) is 0. The number of hydrogen-bond donors (Lipinski definition) is 0. The molecule has 2 heterocycles. The summed E-state index contributed by atoms with van der Waals surface area (Å²) in [4.78, 5) is 4.73. The maximum atomic E-state index is 6.33. The number of hydrogen-bond acceptors (Lipinski definition) is 4. The molecular formula is C52H42N2O2. The molecule has 13 rings (SSSR count). The predicted molar refractivity (Wildman–Crippen MR) is 228 cm³/mol. The van der Waals surface area contributed by atoms with Gasteiger partial charge in [0.1, 0.15) is 11.2 Å². The summed E-state index contributed by atoms with van der Waals surface area (Å²) in [5.74, 6) is 4.46. The molecule has 1 aliphatic heterocycles. The van der Waals surface area contributed by atoms with E-state index in [-0.39, 0.29) is 0 Å². The van der Waals surface area contributed by atoms with Crippen molar-refractivity contribution in [1.29, 1.82) is 0 Å². The summed E-state index contributed by atoms with van der Waals surface area (Å²) in [5, 5.41) is 2.30. The maximum Gasteiger partial charge on any atom is 0.151 e. The Morgan fingerprint density at radius 1 is 0.518 bits per heavy atom. The Bertz CT molecular complexity index is 2700. The van der Waals surface area contributed by atoms with Gasteiger partial charge in [-0.25, -0.2) is 0 Å².